The molecule has 1 aromatic heterocycles. The number of carboxylic acids is 1. The average molecular weight is 686 g/mol. The van der Waals surface area contributed by atoms with Crippen molar-refractivity contribution in [1.82, 2.24) is 25.8 Å². The van der Waals surface area contributed by atoms with E-state index in [9.17, 15) is 24.3 Å². The van der Waals surface area contributed by atoms with E-state index in [1.807, 2.05) is 55.5 Å². The minimum Gasteiger partial charge on any atom is -0.497 e. The highest BCUT2D eigenvalue weighted by Gasteiger charge is 2.64. The first kappa shape index (κ1) is 34.5. The number of ether oxygens (including phenoxy) is 3. The van der Waals surface area contributed by atoms with Crippen LogP contribution < -0.4 is 25.4 Å². The van der Waals surface area contributed by atoms with Crippen LogP contribution in [0.4, 0.5) is 9.59 Å². The van der Waals surface area contributed by atoms with Crippen LogP contribution >= 0.6 is 0 Å². The Balaban J connectivity index is 1.40. The van der Waals surface area contributed by atoms with Crippen molar-refractivity contribution < 1.29 is 38.5 Å². The molecule has 2 aromatic carbocycles. The first-order chi connectivity index (χ1) is 24.2. The molecule has 264 valence electrons. The summed E-state index contributed by atoms with van der Waals surface area (Å²) in [6, 6.07) is 16.2. The number of nitrogens with zero attached hydrogens (tertiary/aromatic N) is 2. The number of carbonyl (C=O) groups is 4. The van der Waals surface area contributed by atoms with Crippen molar-refractivity contribution in [1.29, 1.82) is 0 Å². The summed E-state index contributed by atoms with van der Waals surface area (Å²) in [4.78, 5) is 60.4. The molecule has 4 atom stereocenters. The molecule has 3 aromatic rings. The number of methoxy groups -OCH3 is 1. The van der Waals surface area contributed by atoms with E-state index in [1.54, 1.807) is 25.3 Å². The molecule has 13 heteroatoms. The van der Waals surface area contributed by atoms with E-state index in [-0.39, 0.29) is 26.0 Å². The number of rotatable bonds is 9. The molecule has 0 radical (unpaired) electrons. The molecule has 13 nitrogen and oxygen atoms in total. The minimum atomic E-state index is -2.03. The second-order valence-corrected chi connectivity index (χ2v) is 13.0. The molecule has 2 aliphatic heterocycles. The molecule has 6 rings (SSSR count). The predicted molar refractivity (Wildman–Crippen MR) is 185 cm³/mol. The van der Waals surface area contributed by atoms with E-state index >= 15 is 0 Å². The molecule has 4 N–H and O–H groups in total. The lowest BCUT2D eigenvalue weighted by molar-refractivity contribution is -0.145. The highest BCUT2D eigenvalue weighted by atomic mass is 16.5. The summed E-state index contributed by atoms with van der Waals surface area (Å²) in [5, 5.41) is 19.2. The van der Waals surface area contributed by atoms with Crippen LogP contribution in [0.1, 0.15) is 51.9 Å². The number of urea groups is 1. The molecular weight excluding hydrogens is 642 g/mol. The highest BCUT2D eigenvalue weighted by Crippen LogP contribution is 2.46. The van der Waals surface area contributed by atoms with E-state index in [0.29, 0.717) is 53.9 Å². The molecule has 1 saturated heterocycles. The highest BCUT2D eigenvalue weighted by molar-refractivity contribution is 5.99. The molecule has 3 heterocycles. The number of carbonyl (C=O) groups excluding carboxylic acids is 3. The van der Waals surface area contributed by atoms with Gasteiger partial charge in [0.15, 0.2) is 0 Å². The largest absolute Gasteiger partial charge is 0.497 e. The Morgan fingerprint density at radius 1 is 1.10 bits per heavy atom. The maximum absolute atomic E-state index is 14.5. The first-order valence-electron chi connectivity index (χ1n) is 17.1. The Kier molecular flexibility index (Phi) is 10.1. The molecule has 4 amide bonds. The van der Waals surface area contributed by atoms with Crippen LogP contribution in [0.2, 0.25) is 0 Å². The lowest BCUT2D eigenvalue weighted by atomic mass is 10.0. The van der Waals surface area contributed by atoms with Gasteiger partial charge in [-0.3, -0.25) is 15.0 Å². The molecule has 3 aliphatic rings. The molecular formula is C37H43N5O8. The summed E-state index contributed by atoms with van der Waals surface area (Å²) in [5.41, 5.74) is -1.52. The molecule has 1 aliphatic carbocycles. The Hall–Kier alpha value is -5.33. The first-order valence-corrected chi connectivity index (χ1v) is 17.1. The van der Waals surface area contributed by atoms with Gasteiger partial charge in [0.25, 0.3) is 5.91 Å². The lowest BCUT2D eigenvalue weighted by Gasteiger charge is -2.37. The lowest BCUT2D eigenvalue weighted by Crippen LogP contribution is -2.70. The quantitative estimate of drug-likeness (QED) is 0.179. The van der Waals surface area contributed by atoms with Crippen LogP contribution in [0.5, 0.6) is 11.5 Å². The zero-order chi connectivity index (χ0) is 35.3. The minimum absolute atomic E-state index is 0.0987. The van der Waals surface area contributed by atoms with Crippen LogP contribution in [0.3, 0.4) is 0 Å². The van der Waals surface area contributed by atoms with Gasteiger partial charge >= 0.3 is 18.1 Å². The number of fused-ring (bicyclic) bond motifs is 3. The van der Waals surface area contributed by atoms with E-state index < -0.39 is 47.2 Å². The van der Waals surface area contributed by atoms with Gasteiger partial charge in [-0.15, -0.1) is 0 Å². The number of allylic oxidation sites excluding steroid dienone is 1. The Bertz CT molecular complexity index is 1780. The fourth-order valence-electron chi connectivity index (χ4n) is 6.65. The number of aromatic nitrogens is 1. The number of amides is 4. The second kappa shape index (κ2) is 14.7. The monoisotopic (exact) mass is 685 g/mol. The van der Waals surface area contributed by atoms with Crippen LogP contribution in [0, 0.1) is 5.92 Å². The maximum atomic E-state index is 14.5. The summed E-state index contributed by atoms with van der Waals surface area (Å²) in [6.07, 6.45) is 5.54. The van der Waals surface area contributed by atoms with Crippen molar-refractivity contribution in [3.63, 3.8) is 0 Å². The average Bonchev–Trinajstić information content (AvgIpc) is 3.70. The topological polar surface area (TPSA) is 168 Å². The number of unbranched alkanes of at least 4 members (excludes halogenated alkanes) is 1. The second-order valence-electron chi connectivity index (χ2n) is 13.0. The Morgan fingerprint density at radius 3 is 2.68 bits per heavy atom. The van der Waals surface area contributed by atoms with Gasteiger partial charge in [0.05, 0.1) is 31.5 Å². The van der Waals surface area contributed by atoms with Crippen LogP contribution in [-0.2, 0) is 14.3 Å². The third-order valence-electron chi connectivity index (χ3n) is 9.55. The van der Waals surface area contributed by atoms with Gasteiger partial charge in [-0.05, 0) is 44.2 Å². The summed E-state index contributed by atoms with van der Waals surface area (Å²) >= 11 is 0. The van der Waals surface area contributed by atoms with Crippen molar-refractivity contribution in [3.8, 4) is 22.8 Å². The number of alkyl carbamates (subject to hydrolysis) is 1. The molecule has 2 fully saturated rings. The molecule has 0 bridgehead atoms. The fourth-order valence-corrected chi connectivity index (χ4v) is 6.65. The predicted octanol–water partition coefficient (Wildman–Crippen LogP) is 5.00. The smallest absolute Gasteiger partial charge is 0.409 e. The van der Waals surface area contributed by atoms with Gasteiger partial charge in [0, 0.05) is 42.0 Å². The SMILES string of the molecule is CCCCOC(=O)NC12CC(Oc3cc(-c4ccccc4)nc4cc(OC)ccc34)CN1C(=O)NCCCC/C=C/C1CC1(C(=O)O)NC2=O. The van der Waals surface area contributed by atoms with Gasteiger partial charge in [-0.25, -0.2) is 19.4 Å². The van der Waals surface area contributed by atoms with Crippen LogP contribution in [-0.4, -0.2) is 83.1 Å². The number of aliphatic carboxylic acids is 1. The van der Waals surface area contributed by atoms with E-state index in [2.05, 4.69) is 16.0 Å². The van der Waals surface area contributed by atoms with Gasteiger partial charge in [-0.2, -0.15) is 0 Å². The third-order valence-corrected chi connectivity index (χ3v) is 9.55. The van der Waals surface area contributed by atoms with Gasteiger partial charge in [0.1, 0.15) is 23.1 Å². The normalized spacial score (nSPS) is 25.6. The number of hydrogen-bond donors (Lipinski definition) is 4. The van der Waals surface area contributed by atoms with Crippen molar-refractivity contribution in [3.05, 3.63) is 66.7 Å². The molecule has 50 heavy (non-hydrogen) atoms. The fraction of sp³-hybridized carbons (Fsp3) is 0.432. The third kappa shape index (κ3) is 7.03. The molecule has 4 unspecified atom stereocenters. The molecule has 0 spiro atoms. The van der Waals surface area contributed by atoms with Crippen molar-refractivity contribution >= 4 is 34.9 Å². The van der Waals surface area contributed by atoms with Gasteiger partial charge in [0.2, 0.25) is 5.66 Å². The summed E-state index contributed by atoms with van der Waals surface area (Å²) in [7, 11) is 1.57. The van der Waals surface area contributed by atoms with Crippen LogP contribution in [0.25, 0.3) is 22.2 Å². The molecule has 1 saturated carbocycles. The zero-order valence-electron chi connectivity index (χ0n) is 28.3. The summed E-state index contributed by atoms with van der Waals surface area (Å²) in [6.45, 7) is 2.29. The van der Waals surface area contributed by atoms with E-state index in [0.717, 1.165) is 18.4 Å². The van der Waals surface area contributed by atoms with E-state index in [1.165, 1.54) is 4.90 Å². The standard InChI is InChI=1S/C37H43N5O8/c1-3-4-18-49-35(47)41-37-22-27(50-31-20-29(24-12-8-7-9-13-24)39-30-19-26(48-2)15-16-28(30)31)23-42(37)34(46)38-17-11-6-5-10-14-25-21-36(25,33(44)45)40-32(37)43/h7-10,12-16,19-20,25,27H,3-6,11,17-18,21-23H2,1-2H3,(H,38,46)(H,40,43)(H,41,47)(H,44,45)/b14-10+. The number of benzene rings is 2. The number of nitrogens with one attached hydrogen (secondary N) is 3. The Labute approximate surface area is 290 Å². The van der Waals surface area contributed by atoms with Gasteiger partial charge in [-0.1, -0.05) is 55.8 Å². The van der Waals surface area contributed by atoms with Crippen molar-refractivity contribution in [2.24, 2.45) is 5.92 Å². The number of hydrogen-bond acceptors (Lipinski definition) is 8. The summed E-state index contributed by atoms with van der Waals surface area (Å²) < 4.78 is 17.5. The summed E-state index contributed by atoms with van der Waals surface area (Å²) in [5.74, 6) is -1.41. The maximum Gasteiger partial charge on any atom is 0.409 e. The van der Waals surface area contributed by atoms with Crippen molar-refractivity contribution in [2.45, 2.75) is 69.2 Å². The zero-order valence-corrected chi connectivity index (χ0v) is 28.3. The number of pyridine rings is 1. The Morgan fingerprint density at radius 2 is 1.92 bits per heavy atom. The number of carboxylic acid groups (broad SMARTS) is 1. The van der Waals surface area contributed by atoms with Crippen molar-refractivity contribution in [2.75, 3.05) is 26.8 Å². The van der Waals surface area contributed by atoms with Gasteiger partial charge < -0.3 is 30.0 Å². The van der Waals surface area contributed by atoms with Crippen LogP contribution in [0.15, 0.2) is 66.7 Å². The van der Waals surface area contributed by atoms with E-state index in [4.69, 9.17) is 19.2 Å².